The van der Waals surface area contributed by atoms with E-state index >= 15 is 0 Å². The Hall–Kier alpha value is -4.29. The quantitative estimate of drug-likeness (QED) is 0.377. The highest BCUT2D eigenvalue weighted by Crippen LogP contribution is 2.32. The number of hydrogen-bond donors (Lipinski definition) is 0. The molecule has 0 aliphatic rings. The van der Waals surface area contributed by atoms with E-state index < -0.39 is 23.5 Å². The summed E-state index contributed by atoms with van der Waals surface area (Å²) in [6, 6.07) is 13.3. The molecule has 2 aromatic carbocycles. The smallest absolute Gasteiger partial charge is 0.257 e. The van der Waals surface area contributed by atoms with Gasteiger partial charge in [0.2, 0.25) is 0 Å². The lowest BCUT2D eigenvalue weighted by atomic mass is 9.99. The van der Waals surface area contributed by atoms with Gasteiger partial charge in [0.1, 0.15) is 17.6 Å². The molecule has 0 aliphatic heterocycles. The van der Waals surface area contributed by atoms with Crippen molar-refractivity contribution in [3.05, 3.63) is 111 Å². The topological polar surface area (TPSA) is 82.1 Å². The fourth-order valence-electron chi connectivity index (χ4n) is 3.97. The number of aromatic nitrogens is 3. The average Bonchev–Trinajstić information content (AvgIpc) is 3.31. The van der Waals surface area contributed by atoms with Gasteiger partial charge in [0, 0.05) is 12.4 Å². The zero-order valence-corrected chi connectivity index (χ0v) is 19.3. The van der Waals surface area contributed by atoms with Crippen LogP contribution in [0.4, 0.5) is 8.92 Å². The molecule has 4 aromatic rings. The Labute approximate surface area is 200 Å². The molecule has 0 fully saturated rings. The molecule has 178 valence electrons. The van der Waals surface area contributed by atoms with Crippen molar-refractivity contribution in [3.63, 3.8) is 0 Å². The van der Waals surface area contributed by atoms with Crippen LogP contribution in [0, 0.1) is 24.1 Å². The minimum Gasteiger partial charge on any atom is -0.495 e. The van der Waals surface area contributed by atoms with Gasteiger partial charge < -0.3 is 13.9 Å². The van der Waals surface area contributed by atoms with E-state index in [0.29, 0.717) is 22.6 Å². The zero-order chi connectivity index (χ0) is 25.1. The SMILES string of the molecule is COc1cc(C(OF)c2cc(C#N)cn([C@@H](C)c3ccc(F)cc3)c2=O)ccc1-n1cnc(C)c1. The van der Waals surface area contributed by atoms with Gasteiger partial charge >= 0.3 is 0 Å². The normalized spacial score (nSPS) is 12.7. The molecule has 35 heavy (non-hydrogen) atoms. The lowest BCUT2D eigenvalue weighted by molar-refractivity contribution is -0.167. The number of hydrogen-bond acceptors (Lipinski definition) is 5. The molecule has 1 unspecified atom stereocenters. The fourth-order valence-corrected chi connectivity index (χ4v) is 3.97. The first-order valence-corrected chi connectivity index (χ1v) is 10.7. The molecule has 7 nitrogen and oxygen atoms in total. The Balaban J connectivity index is 1.81. The first kappa shape index (κ1) is 23.9. The Kier molecular flexibility index (Phi) is 6.75. The second-order valence-corrected chi connectivity index (χ2v) is 8.06. The molecule has 0 aliphatic carbocycles. The number of imidazole rings is 1. The zero-order valence-electron chi connectivity index (χ0n) is 19.3. The number of rotatable bonds is 7. The Bertz CT molecular complexity index is 1450. The highest BCUT2D eigenvalue weighted by Gasteiger charge is 2.25. The van der Waals surface area contributed by atoms with E-state index in [-0.39, 0.29) is 11.1 Å². The summed E-state index contributed by atoms with van der Waals surface area (Å²) in [7, 11) is 1.48. The van der Waals surface area contributed by atoms with Crippen molar-refractivity contribution in [1.82, 2.24) is 14.1 Å². The number of aryl methyl sites for hydroxylation is 1. The van der Waals surface area contributed by atoms with Gasteiger partial charge in [0.15, 0.2) is 6.10 Å². The highest BCUT2D eigenvalue weighted by molar-refractivity contribution is 5.51. The van der Waals surface area contributed by atoms with Crippen LogP contribution >= 0.6 is 0 Å². The summed E-state index contributed by atoms with van der Waals surface area (Å²) in [5, 5.41) is 9.56. The van der Waals surface area contributed by atoms with E-state index in [0.717, 1.165) is 5.69 Å². The summed E-state index contributed by atoms with van der Waals surface area (Å²) in [5.41, 5.74) is 1.98. The van der Waals surface area contributed by atoms with E-state index in [1.807, 2.05) is 19.2 Å². The van der Waals surface area contributed by atoms with Crippen LogP contribution in [0.3, 0.4) is 0 Å². The lowest BCUT2D eigenvalue weighted by Gasteiger charge is -2.20. The van der Waals surface area contributed by atoms with E-state index in [1.165, 1.54) is 36.1 Å². The molecular formula is C26H22F2N4O3. The first-order valence-electron chi connectivity index (χ1n) is 10.7. The molecule has 9 heteroatoms. The van der Waals surface area contributed by atoms with E-state index in [9.17, 15) is 19.0 Å². The van der Waals surface area contributed by atoms with Gasteiger partial charge in [-0.15, -0.1) is 0 Å². The maximum atomic E-state index is 14.0. The van der Waals surface area contributed by atoms with Gasteiger partial charge in [-0.25, -0.2) is 9.37 Å². The van der Waals surface area contributed by atoms with Crippen molar-refractivity contribution in [2.45, 2.75) is 26.0 Å². The summed E-state index contributed by atoms with van der Waals surface area (Å²) >= 11 is 0. The van der Waals surface area contributed by atoms with Crippen molar-refractivity contribution in [1.29, 1.82) is 5.26 Å². The number of halogens is 2. The molecule has 4 rings (SSSR count). The van der Waals surface area contributed by atoms with Crippen LogP contribution in [0.15, 0.2) is 72.0 Å². The maximum absolute atomic E-state index is 14.0. The van der Waals surface area contributed by atoms with Crippen LogP contribution in [-0.2, 0) is 4.94 Å². The predicted molar refractivity (Wildman–Crippen MR) is 125 cm³/mol. The number of ether oxygens (including phenoxy) is 1. The van der Waals surface area contributed by atoms with E-state index in [1.54, 1.807) is 48.1 Å². The van der Waals surface area contributed by atoms with Crippen molar-refractivity contribution < 1.29 is 18.6 Å². The average molecular weight is 476 g/mol. The van der Waals surface area contributed by atoms with Gasteiger partial charge in [-0.2, -0.15) is 10.2 Å². The van der Waals surface area contributed by atoms with E-state index in [4.69, 9.17) is 4.74 Å². The summed E-state index contributed by atoms with van der Waals surface area (Å²) in [4.78, 5) is 21.9. The fraction of sp³-hybridized carbons (Fsp3) is 0.192. The molecule has 2 atom stereocenters. The Morgan fingerprint density at radius 2 is 1.80 bits per heavy atom. The van der Waals surface area contributed by atoms with Crippen LogP contribution < -0.4 is 10.3 Å². The minimum atomic E-state index is -1.41. The largest absolute Gasteiger partial charge is 0.495 e. The standard InChI is InChI=1S/C26H22F2N4O3/c1-16-13-31(15-30-16)23-9-6-20(11-24(23)34-3)25(35-28)22-10-18(12-29)14-32(26(22)33)17(2)19-4-7-21(27)8-5-19/h4-11,13-15,17,25H,1-3H3/t17-,25?/m0/s1. The second-order valence-electron chi connectivity index (χ2n) is 8.06. The van der Waals surface area contributed by atoms with Gasteiger partial charge in [-0.3, -0.25) is 4.79 Å². The van der Waals surface area contributed by atoms with Crippen molar-refractivity contribution in [2.75, 3.05) is 7.11 Å². The van der Waals surface area contributed by atoms with Crippen molar-refractivity contribution >= 4 is 0 Å². The van der Waals surface area contributed by atoms with Crippen LogP contribution in [0.5, 0.6) is 5.75 Å². The number of nitrogens with zero attached hydrogens (tertiary/aromatic N) is 4. The summed E-state index contributed by atoms with van der Waals surface area (Å²) in [6.07, 6.45) is 3.42. The van der Waals surface area contributed by atoms with Crippen molar-refractivity contribution in [3.8, 4) is 17.5 Å². The lowest BCUT2D eigenvalue weighted by Crippen LogP contribution is -2.29. The summed E-state index contributed by atoms with van der Waals surface area (Å²) < 4.78 is 35.9. The van der Waals surface area contributed by atoms with Crippen molar-refractivity contribution in [2.24, 2.45) is 0 Å². The molecule has 0 spiro atoms. The molecule has 2 aromatic heterocycles. The molecule has 0 radical (unpaired) electrons. The van der Waals surface area contributed by atoms with Crippen LogP contribution in [-0.4, -0.2) is 21.2 Å². The molecule has 0 N–H and O–H groups in total. The Morgan fingerprint density at radius 1 is 1.09 bits per heavy atom. The van der Waals surface area contributed by atoms with Crippen LogP contribution in [0.2, 0.25) is 0 Å². The summed E-state index contributed by atoms with van der Waals surface area (Å²) in [6.45, 7) is 3.58. The third-order valence-electron chi connectivity index (χ3n) is 5.84. The van der Waals surface area contributed by atoms with Gasteiger partial charge in [-0.05, 0) is 59.8 Å². The monoisotopic (exact) mass is 476 g/mol. The maximum Gasteiger partial charge on any atom is 0.257 e. The molecule has 0 bridgehead atoms. The highest BCUT2D eigenvalue weighted by atomic mass is 19.3. The third kappa shape index (κ3) is 4.69. The van der Waals surface area contributed by atoms with Gasteiger partial charge in [-0.1, -0.05) is 18.2 Å². The molecule has 0 saturated carbocycles. The van der Waals surface area contributed by atoms with Gasteiger partial charge in [0.25, 0.3) is 5.56 Å². The molecule has 0 amide bonds. The number of nitriles is 1. The van der Waals surface area contributed by atoms with E-state index in [2.05, 4.69) is 9.93 Å². The summed E-state index contributed by atoms with van der Waals surface area (Å²) in [5.74, 6) is 0.00676. The minimum absolute atomic E-state index is 0.0613. The third-order valence-corrected chi connectivity index (χ3v) is 5.84. The molecule has 2 heterocycles. The molecule has 0 saturated heterocycles. The molecular weight excluding hydrogens is 454 g/mol. The Morgan fingerprint density at radius 3 is 2.40 bits per heavy atom. The second kappa shape index (κ2) is 9.91. The number of methoxy groups -OCH3 is 1. The van der Waals surface area contributed by atoms with Crippen LogP contribution in [0.1, 0.15) is 47.0 Å². The number of pyridine rings is 1. The van der Waals surface area contributed by atoms with Crippen LogP contribution in [0.25, 0.3) is 5.69 Å². The number of benzene rings is 2. The predicted octanol–water partition coefficient (Wildman–Crippen LogP) is 4.96. The van der Waals surface area contributed by atoms with Gasteiger partial charge in [0.05, 0.1) is 42.0 Å². The first-order chi connectivity index (χ1) is 16.9.